The molecule has 2 rings (SSSR count). The molecule has 5 nitrogen and oxygen atoms in total. The van der Waals surface area contributed by atoms with E-state index >= 15 is 0 Å². The van der Waals surface area contributed by atoms with Gasteiger partial charge in [0.15, 0.2) is 0 Å². The summed E-state index contributed by atoms with van der Waals surface area (Å²) >= 11 is 0. The van der Waals surface area contributed by atoms with Crippen molar-refractivity contribution in [3.05, 3.63) is 23.8 Å². The predicted molar refractivity (Wildman–Crippen MR) is 79.8 cm³/mol. The molecule has 20 heavy (non-hydrogen) atoms. The van der Waals surface area contributed by atoms with Crippen LogP contribution in [0.5, 0.6) is 11.5 Å². The monoisotopic (exact) mass is 277 g/mol. The molecule has 1 heterocycles. The second-order valence-electron chi connectivity index (χ2n) is 5.22. The summed E-state index contributed by atoms with van der Waals surface area (Å²) in [4.78, 5) is 2.33. The Balaban J connectivity index is 2.08. The number of hydrogen-bond acceptors (Lipinski definition) is 4. The van der Waals surface area contributed by atoms with Crippen molar-refractivity contribution in [1.82, 2.24) is 4.90 Å². The van der Waals surface area contributed by atoms with Gasteiger partial charge in [0.2, 0.25) is 0 Å². The molecule has 0 aliphatic carbocycles. The minimum Gasteiger partial charge on any atom is -0.497 e. The van der Waals surface area contributed by atoms with Crippen LogP contribution in [0.1, 0.15) is 24.8 Å². The lowest BCUT2D eigenvalue weighted by molar-refractivity contribution is 0.125. The predicted octanol–water partition coefficient (Wildman–Crippen LogP) is 1.84. The number of piperidine rings is 1. The molecule has 0 bridgehead atoms. The minimum atomic E-state index is 0.0136. The average Bonchev–Trinajstić information content (AvgIpc) is 2.46. The number of ether oxygens (including phenoxy) is 2. The number of hydrogen-bond donors (Lipinski definition) is 2. The van der Waals surface area contributed by atoms with Crippen LogP contribution in [0.4, 0.5) is 0 Å². The second kappa shape index (κ2) is 6.61. The highest BCUT2D eigenvalue weighted by Crippen LogP contribution is 2.25. The molecule has 0 saturated carbocycles. The first-order valence-corrected chi connectivity index (χ1v) is 6.97. The van der Waals surface area contributed by atoms with Gasteiger partial charge >= 0.3 is 0 Å². The first-order valence-electron chi connectivity index (χ1n) is 6.97. The highest BCUT2D eigenvalue weighted by molar-refractivity contribution is 5.97. The number of methoxy groups -OCH3 is 1. The summed E-state index contributed by atoms with van der Waals surface area (Å²) in [6, 6.07) is 5.77. The van der Waals surface area contributed by atoms with Crippen molar-refractivity contribution >= 4 is 5.84 Å². The number of rotatable bonds is 5. The van der Waals surface area contributed by atoms with E-state index in [4.69, 9.17) is 20.6 Å². The Bertz CT molecular complexity index is 476. The molecular weight excluding hydrogens is 254 g/mol. The van der Waals surface area contributed by atoms with Crippen molar-refractivity contribution in [2.45, 2.75) is 25.3 Å². The van der Waals surface area contributed by atoms with Gasteiger partial charge in [-0.05, 0) is 38.6 Å². The van der Waals surface area contributed by atoms with Gasteiger partial charge in [0.25, 0.3) is 0 Å². The van der Waals surface area contributed by atoms with E-state index < -0.39 is 0 Å². The molecule has 1 saturated heterocycles. The smallest absolute Gasteiger partial charge is 0.133 e. The topological polar surface area (TPSA) is 71.6 Å². The normalized spacial score (nSPS) is 19.6. The SMILES string of the molecule is COc1ccc(C(=N)N)c(OCC2CCCCN2C)c1. The summed E-state index contributed by atoms with van der Waals surface area (Å²) in [7, 11) is 3.74. The van der Waals surface area contributed by atoms with E-state index in [2.05, 4.69) is 11.9 Å². The quantitative estimate of drug-likeness (QED) is 0.636. The largest absolute Gasteiger partial charge is 0.497 e. The molecule has 1 fully saturated rings. The van der Waals surface area contributed by atoms with Gasteiger partial charge in [0.1, 0.15) is 23.9 Å². The zero-order valence-corrected chi connectivity index (χ0v) is 12.2. The lowest BCUT2D eigenvalue weighted by atomic mass is 10.0. The number of likely N-dealkylation sites (N-methyl/N-ethyl adjacent to an activating group) is 1. The molecule has 1 aliphatic heterocycles. The number of amidine groups is 1. The van der Waals surface area contributed by atoms with Crippen LogP contribution < -0.4 is 15.2 Å². The number of benzene rings is 1. The van der Waals surface area contributed by atoms with Crippen LogP contribution in [-0.2, 0) is 0 Å². The molecule has 5 heteroatoms. The first-order chi connectivity index (χ1) is 9.61. The number of likely N-dealkylation sites (tertiary alicyclic amines) is 1. The maximum Gasteiger partial charge on any atom is 0.133 e. The summed E-state index contributed by atoms with van der Waals surface area (Å²) in [6.45, 7) is 1.73. The molecule has 0 radical (unpaired) electrons. The fraction of sp³-hybridized carbons (Fsp3) is 0.533. The Hall–Kier alpha value is -1.75. The lowest BCUT2D eigenvalue weighted by Crippen LogP contribution is -2.40. The third kappa shape index (κ3) is 3.42. The summed E-state index contributed by atoms with van der Waals surface area (Å²) in [5, 5.41) is 7.61. The Morgan fingerprint density at radius 3 is 2.90 bits per heavy atom. The minimum absolute atomic E-state index is 0.0136. The first kappa shape index (κ1) is 14.7. The maximum atomic E-state index is 7.61. The summed E-state index contributed by atoms with van der Waals surface area (Å²) in [6.07, 6.45) is 3.65. The van der Waals surface area contributed by atoms with Gasteiger partial charge in [-0.1, -0.05) is 6.42 Å². The second-order valence-corrected chi connectivity index (χ2v) is 5.22. The summed E-state index contributed by atoms with van der Waals surface area (Å²) in [5.74, 6) is 1.34. The Kier molecular flexibility index (Phi) is 4.84. The summed E-state index contributed by atoms with van der Waals surface area (Å²) < 4.78 is 11.1. The van der Waals surface area contributed by atoms with Crippen LogP contribution in [0, 0.1) is 5.41 Å². The van der Waals surface area contributed by atoms with Gasteiger partial charge in [0, 0.05) is 12.1 Å². The van der Waals surface area contributed by atoms with Crippen molar-refractivity contribution in [1.29, 1.82) is 5.41 Å². The van der Waals surface area contributed by atoms with Crippen molar-refractivity contribution < 1.29 is 9.47 Å². The number of nitrogens with one attached hydrogen (secondary N) is 1. The molecule has 1 atom stereocenters. The molecule has 0 aromatic heterocycles. The molecule has 110 valence electrons. The van der Waals surface area contributed by atoms with Gasteiger partial charge < -0.3 is 20.1 Å². The zero-order chi connectivity index (χ0) is 14.5. The molecule has 1 aromatic carbocycles. The summed E-state index contributed by atoms with van der Waals surface area (Å²) in [5.41, 5.74) is 6.21. The van der Waals surface area contributed by atoms with E-state index in [9.17, 15) is 0 Å². The lowest BCUT2D eigenvalue weighted by Gasteiger charge is -2.32. The van der Waals surface area contributed by atoms with Crippen LogP contribution in [-0.4, -0.2) is 44.1 Å². The van der Waals surface area contributed by atoms with E-state index in [1.54, 1.807) is 25.3 Å². The number of nitrogens with two attached hydrogens (primary N) is 1. The molecule has 0 spiro atoms. The Morgan fingerprint density at radius 1 is 1.45 bits per heavy atom. The van der Waals surface area contributed by atoms with Crippen molar-refractivity contribution in [2.24, 2.45) is 5.73 Å². The standard InChI is InChI=1S/C15H23N3O2/c1-18-8-4-3-5-11(18)10-20-14-9-12(19-2)6-7-13(14)15(16)17/h6-7,9,11H,3-5,8,10H2,1-2H3,(H3,16,17). The van der Waals surface area contributed by atoms with E-state index in [-0.39, 0.29) is 5.84 Å². The van der Waals surface area contributed by atoms with Crippen LogP contribution in [0.15, 0.2) is 18.2 Å². The highest BCUT2D eigenvalue weighted by atomic mass is 16.5. The molecule has 3 N–H and O–H groups in total. The molecule has 1 unspecified atom stereocenters. The number of nitrogens with zero attached hydrogens (tertiary/aromatic N) is 1. The molecule has 0 amide bonds. The molecular formula is C15H23N3O2. The van der Waals surface area contributed by atoms with E-state index in [0.29, 0.717) is 29.7 Å². The Morgan fingerprint density at radius 2 is 2.25 bits per heavy atom. The Labute approximate surface area is 120 Å². The van der Waals surface area contributed by atoms with Crippen LogP contribution in [0.25, 0.3) is 0 Å². The third-order valence-electron chi connectivity index (χ3n) is 3.83. The van der Waals surface area contributed by atoms with Crippen LogP contribution in [0.3, 0.4) is 0 Å². The zero-order valence-electron chi connectivity index (χ0n) is 12.2. The van der Waals surface area contributed by atoms with E-state index in [1.807, 2.05) is 0 Å². The van der Waals surface area contributed by atoms with Crippen molar-refractivity contribution in [3.63, 3.8) is 0 Å². The highest BCUT2D eigenvalue weighted by Gasteiger charge is 2.20. The van der Waals surface area contributed by atoms with Gasteiger partial charge in [-0.3, -0.25) is 5.41 Å². The fourth-order valence-electron chi connectivity index (χ4n) is 2.51. The van der Waals surface area contributed by atoms with Crippen molar-refractivity contribution in [3.8, 4) is 11.5 Å². The number of nitrogen functional groups attached to an aromatic ring is 1. The van der Waals surface area contributed by atoms with Crippen LogP contribution in [0.2, 0.25) is 0 Å². The maximum absolute atomic E-state index is 7.61. The fourth-order valence-corrected chi connectivity index (χ4v) is 2.51. The molecule has 1 aromatic rings. The third-order valence-corrected chi connectivity index (χ3v) is 3.83. The van der Waals surface area contributed by atoms with Gasteiger partial charge in [0.05, 0.1) is 12.7 Å². The van der Waals surface area contributed by atoms with E-state index in [1.165, 1.54) is 12.8 Å². The van der Waals surface area contributed by atoms with Crippen LogP contribution >= 0.6 is 0 Å². The van der Waals surface area contributed by atoms with Crippen molar-refractivity contribution in [2.75, 3.05) is 27.3 Å². The van der Waals surface area contributed by atoms with Gasteiger partial charge in [-0.15, -0.1) is 0 Å². The van der Waals surface area contributed by atoms with Gasteiger partial charge in [-0.2, -0.15) is 0 Å². The van der Waals surface area contributed by atoms with Gasteiger partial charge in [-0.25, -0.2) is 0 Å². The average molecular weight is 277 g/mol. The van der Waals surface area contributed by atoms with E-state index in [0.717, 1.165) is 13.0 Å². The molecule has 1 aliphatic rings.